The first kappa shape index (κ1) is 14.6. The van der Waals surface area contributed by atoms with Crippen LogP contribution in [0.25, 0.3) is 5.52 Å². The van der Waals surface area contributed by atoms with E-state index in [4.69, 9.17) is 5.73 Å². The number of anilines is 1. The molecule has 6 heteroatoms. The number of amides is 1. The molecular formula is C16H20N4O2. The minimum atomic E-state index is -0.495. The molecule has 0 aliphatic carbocycles. The summed E-state index contributed by atoms with van der Waals surface area (Å²) in [5.74, 6) is -0.124. The Hall–Kier alpha value is -2.34. The molecule has 0 aromatic carbocycles. The summed E-state index contributed by atoms with van der Waals surface area (Å²) in [5.41, 5.74) is 7.44. The smallest absolute Gasteiger partial charge is 0.255 e. The number of nitrogens with two attached hydrogens (primary N) is 1. The van der Waals surface area contributed by atoms with Gasteiger partial charge in [0.2, 0.25) is 5.91 Å². The molecule has 1 fully saturated rings. The van der Waals surface area contributed by atoms with Crippen LogP contribution in [0.2, 0.25) is 0 Å². The van der Waals surface area contributed by atoms with E-state index in [9.17, 15) is 9.59 Å². The number of pyridine rings is 2. The van der Waals surface area contributed by atoms with E-state index in [0.717, 1.165) is 30.7 Å². The summed E-state index contributed by atoms with van der Waals surface area (Å²) < 4.78 is 1.64. The Morgan fingerprint density at radius 3 is 2.95 bits per heavy atom. The lowest BCUT2D eigenvalue weighted by Crippen LogP contribution is -2.45. The molecule has 0 saturated carbocycles. The largest absolute Gasteiger partial charge is 0.368 e. The van der Waals surface area contributed by atoms with Crippen LogP contribution in [0, 0.1) is 0 Å². The molecule has 2 aromatic rings. The van der Waals surface area contributed by atoms with Gasteiger partial charge < -0.3 is 16.0 Å². The molecule has 1 aliphatic rings. The van der Waals surface area contributed by atoms with Gasteiger partial charge in [-0.25, -0.2) is 0 Å². The minimum absolute atomic E-state index is 0.0413. The highest BCUT2D eigenvalue weighted by Crippen LogP contribution is 2.24. The van der Waals surface area contributed by atoms with Crippen LogP contribution in [0.3, 0.4) is 0 Å². The second kappa shape index (κ2) is 5.81. The van der Waals surface area contributed by atoms with E-state index in [1.165, 1.54) is 0 Å². The van der Waals surface area contributed by atoms with Crippen molar-refractivity contribution in [1.82, 2.24) is 9.72 Å². The molecule has 22 heavy (non-hydrogen) atoms. The Labute approximate surface area is 128 Å². The maximum Gasteiger partial charge on any atom is 0.255 e. The average molecular weight is 300 g/mol. The van der Waals surface area contributed by atoms with E-state index in [2.05, 4.69) is 10.2 Å². The Balaban J connectivity index is 1.83. The summed E-state index contributed by atoms with van der Waals surface area (Å²) in [6.45, 7) is 3.24. The third kappa shape index (κ3) is 2.69. The zero-order chi connectivity index (χ0) is 15.7. The molecular weight excluding hydrogens is 280 g/mol. The van der Waals surface area contributed by atoms with Gasteiger partial charge in [0, 0.05) is 31.4 Å². The molecule has 3 rings (SSSR count). The van der Waals surface area contributed by atoms with Crippen molar-refractivity contribution in [3.8, 4) is 0 Å². The Morgan fingerprint density at radius 2 is 2.18 bits per heavy atom. The van der Waals surface area contributed by atoms with Gasteiger partial charge in [-0.1, -0.05) is 6.07 Å². The molecule has 6 nitrogen and oxygen atoms in total. The summed E-state index contributed by atoms with van der Waals surface area (Å²) in [7, 11) is 0. The fraction of sp³-hybridized carbons (Fsp3) is 0.375. The number of carbonyl (C=O) groups excluding carboxylic acids is 1. The first-order valence-corrected chi connectivity index (χ1v) is 7.47. The second-order valence-corrected chi connectivity index (χ2v) is 5.74. The summed E-state index contributed by atoms with van der Waals surface area (Å²) >= 11 is 0. The van der Waals surface area contributed by atoms with E-state index < -0.39 is 6.04 Å². The maximum atomic E-state index is 11.9. The Morgan fingerprint density at radius 1 is 1.36 bits per heavy atom. The molecule has 1 amide bonds. The van der Waals surface area contributed by atoms with Gasteiger partial charge in [-0.3, -0.25) is 14.0 Å². The van der Waals surface area contributed by atoms with E-state index in [-0.39, 0.29) is 17.5 Å². The van der Waals surface area contributed by atoms with E-state index >= 15 is 0 Å². The van der Waals surface area contributed by atoms with Crippen molar-refractivity contribution in [3.63, 3.8) is 0 Å². The predicted octanol–water partition coefficient (Wildman–Crippen LogP) is 0.342. The summed E-state index contributed by atoms with van der Waals surface area (Å²) in [6, 6.07) is 8.73. The second-order valence-electron chi connectivity index (χ2n) is 5.74. The quantitative estimate of drug-likeness (QED) is 0.857. The van der Waals surface area contributed by atoms with Gasteiger partial charge in [0.15, 0.2) is 0 Å². The SMILES string of the molecule is C[C@H](N)C(=O)NC1CCN(c2ccc(=O)n3ccccc23)C1. The topological polar surface area (TPSA) is 79.8 Å². The van der Waals surface area contributed by atoms with E-state index in [1.807, 2.05) is 24.3 Å². The van der Waals surface area contributed by atoms with Gasteiger partial charge in [0.1, 0.15) is 0 Å². The molecule has 1 aliphatic heterocycles. The third-order valence-corrected chi connectivity index (χ3v) is 4.03. The standard InChI is InChI=1S/C16H20N4O2/c1-11(17)16(22)18-12-7-9-19(10-12)13-5-6-15(21)20-8-3-2-4-14(13)20/h2-6,8,11-12H,7,9-10,17H2,1H3,(H,18,22)/t11-,12?/m0/s1. The van der Waals surface area contributed by atoms with Gasteiger partial charge >= 0.3 is 0 Å². The minimum Gasteiger partial charge on any atom is -0.368 e. The van der Waals surface area contributed by atoms with Crippen molar-refractivity contribution < 1.29 is 4.79 Å². The van der Waals surface area contributed by atoms with Crippen LogP contribution in [-0.2, 0) is 4.79 Å². The normalized spacial score (nSPS) is 19.4. The molecule has 3 N–H and O–H groups in total. The predicted molar refractivity (Wildman–Crippen MR) is 86.1 cm³/mol. The van der Waals surface area contributed by atoms with E-state index in [1.54, 1.807) is 23.6 Å². The maximum absolute atomic E-state index is 11.9. The zero-order valence-corrected chi connectivity index (χ0v) is 12.5. The lowest BCUT2D eigenvalue weighted by molar-refractivity contribution is -0.122. The van der Waals surface area contributed by atoms with Crippen LogP contribution < -0.4 is 21.5 Å². The van der Waals surface area contributed by atoms with E-state index in [0.29, 0.717) is 0 Å². The number of nitrogens with one attached hydrogen (secondary N) is 1. The molecule has 116 valence electrons. The van der Waals surface area contributed by atoms with Crippen LogP contribution in [-0.4, -0.2) is 35.5 Å². The first-order valence-electron chi connectivity index (χ1n) is 7.47. The number of hydrogen-bond donors (Lipinski definition) is 2. The van der Waals surface area contributed by atoms with Crippen LogP contribution in [0.1, 0.15) is 13.3 Å². The molecule has 0 radical (unpaired) electrons. The fourth-order valence-corrected chi connectivity index (χ4v) is 2.86. The Bertz CT molecular complexity index is 753. The summed E-state index contributed by atoms with van der Waals surface area (Å²) in [5, 5.41) is 2.96. The van der Waals surface area contributed by atoms with Crippen LogP contribution in [0.5, 0.6) is 0 Å². The fourth-order valence-electron chi connectivity index (χ4n) is 2.86. The van der Waals surface area contributed by atoms with Crippen molar-refractivity contribution in [1.29, 1.82) is 0 Å². The van der Waals surface area contributed by atoms with Gasteiger partial charge in [0.05, 0.1) is 17.2 Å². The molecule has 1 unspecified atom stereocenters. The van der Waals surface area contributed by atoms with Crippen molar-refractivity contribution in [2.24, 2.45) is 5.73 Å². The van der Waals surface area contributed by atoms with Crippen molar-refractivity contribution >= 4 is 17.1 Å². The van der Waals surface area contributed by atoms with Crippen LogP contribution in [0.4, 0.5) is 5.69 Å². The van der Waals surface area contributed by atoms with Crippen LogP contribution in [0.15, 0.2) is 41.3 Å². The van der Waals surface area contributed by atoms with Crippen LogP contribution >= 0.6 is 0 Å². The average Bonchev–Trinajstić information content (AvgIpc) is 2.96. The van der Waals surface area contributed by atoms with Gasteiger partial charge in [-0.15, -0.1) is 0 Å². The van der Waals surface area contributed by atoms with Gasteiger partial charge in [-0.05, 0) is 31.5 Å². The first-order chi connectivity index (χ1) is 10.6. The van der Waals surface area contributed by atoms with Gasteiger partial charge in [0.25, 0.3) is 5.56 Å². The number of nitrogens with zero attached hydrogens (tertiary/aromatic N) is 2. The highest BCUT2D eigenvalue weighted by molar-refractivity contribution is 5.81. The van der Waals surface area contributed by atoms with Crippen molar-refractivity contribution in [2.45, 2.75) is 25.4 Å². The molecule has 3 heterocycles. The zero-order valence-electron chi connectivity index (χ0n) is 12.5. The molecule has 1 saturated heterocycles. The highest BCUT2D eigenvalue weighted by atomic mass is 16.2. The molecule has 0 spiro atoms. The molecule has 0 bridgehead atoms. The lowest BCUT2D eigenvalue weighted by Gasteiger charge is -2.21. The molecule has 2 aromatic heterocycles. The lowest BCUT2D eigenvalue weighted by atomic mass is 10.2. The van der Waals surface area contributed by atoms with Crippen molar-refractivity contribution in [2.75, 3.05) is 18.0 Å². The monoisotopic (exact) mass is 300 g/mol. The Kier molecular flexibility index (Phi) is 3.85. The summed E-state index contributed by atoms with van der Waals surface area (Å²) in [4.78, 5) is 25.8. The summed E-state index contributed by atoms with van der Waals surface area (Å²) in [6.07, 6.45) is 2.64. The van der Waals surface area contributed by atoms with Crippen molar-refractivity contribution in [3.05, 3.63) is 46.9 Å². The number of fused-ring (bicyclic) bond motifs is 1. The number of hydrogen-bond acceptors (Lipinski definition) is 4. The number of aromatic nitrogens is 1. The number of rotatable bonds is 3. The molecule has 2 atom stereocenters. The third-order valence-electron chi connectivity index (χ3n) is 4.03. The number of carbonyl (C=O) groups is 1. The highest BCUT2D eigenvalue weighted by Gasteiger charge is 2.26. The van der Waals surface area contributed by atoms with Gasteiger partial charge in [-0.2, -0.15) is 0 Å².